The van der Waals surface area contributed by atoms with Gasteiger partial charge in [0.15, 0.2) is 0 Å². The van der Waals surface area contributed by atoms with Crippen LogP contribution in [0, 0.1) is 11.3 Å². The van der Waals surface area contributed by atoms with Gasteiger partial charge in [-0.05, 0) is 18.6 Å². The van der Waals surface area contributed by atoms with Crippen molar-refractivity contribution in [3.63, 3.8) is 0 Å². The molecule has 2 aromatic rings. The Hall–Kier alpha value is -1.82. The number of hydrogen-bond donors (Lipinski definition) is 0. The molecule has 3 nitrogen and oxygen atoms in total. The lowest BCUT2D eigenvalue weighted by Crippen LogP contribution is -2.03. The molecule has 0 amide bonds. The summed E-state index contributed by atoms with van der Waals surface area (Å²) in [6, 6.07) is 10.3. The van der Waals surface area contributed by atoms with Crippen molar-refractivity contribution in [1.29, 1.82) is 5.26 Å². The minimum absolute atomic E-state index is 0.391. The van der Waals surface area contributed by atoms with Gasteiger partial charge < -0.3 is 4.57 Å². The molecule has 0 bridgehead atoms. The number of nitrogens with zero attached hydrogens (tertiary/aromatic N) is 3. The molecule has 0 aliphatic heterocycles. The molecule has 0 saturated carbocycles. The summed E-state index contributed by atoms with van der Waals surface area (Å²) >= 11 is 0. The lowest BCUT2D eigenvalue weighted by atomic mass is 10.2. The van der Waals surface area contributed by atoms with Crippen LogP contribution in [0.4, 0.5) is 0 Å². The van der Waals surface area contributed by atoms with E-state index < -0.39 is 0 Å². The highest BCUT2D eigenvalue weighted by atomic mass is 15.1. The Morgan fingerprint density at radius 1 is 1.22 bits per heavy atom. The second kappa shape index (κ2) is 6.20. The SMILES string of the molecule is CCCCCCn1c(CC#N)nc2ccccc21. The van der Waals surface area contributed by atoms with E-state index >= 15 is 0 Å². The average molecular weight is 241 g/mol. The Kier molecular flexibility index (Phi) is 4.35. The first kappa shape index (κ1) is 12.6. The largest absolute Gasteiger partial charge is 0.327 e. The third-order valence-corrected chi connectivity index (χ3v) is 3.21. The van der Waals surface area contributed by atoms with E-state index in [-0.39, 0.29) is 0 Å². The average Bonchev–Trinajstić information content (AvgIpc) is 2.73. The molecule has 94 valence electrons. The van der Waals surface area contributed by atoms with Crippen molar-refractivity contribution in [2.75, 3.05) is 0 Å². The van der Waals surface area contributed by atoms with Gasteiger partial charge in [-0.25, -0.2) is 4.98 Å². The molecule has 0 unspecified atom stereocenters. The van der Waals surface area contributed by atoms with Crippen LogP contribution in [0.5, 0.6) is 0 Å². The molecule has 0 saturated heterocycles. The van der Waals surface area contributed by atoms with Gasteiger partial charge in [0.05, 0.1) is 23.5 Å². The maximum atomic E-state index is 8.88. The van der Waals surface area contributed by atoms with Crippen molar-refractivity contribution in [2.45, 2.75) is 45.6 Å². The fraction of sp³-hybridized carbons (Fsp3) is 0.467. The molecule has 1 heterocycles. The Bertz CT molecular complexity index is 548. The molecule has 0 fully saturated rings. The Morgan fingerprint density at radius 2 is 2.06 bits per heavy atom. The molecule has 0 aliphatic carbocycles. The number of benzene rings is 1. The van der Waals surface area contributed by atoms with Crippen LogP contribution in [-0.2, 0) is 13.0 Å². The number of aryl methyl sites for hydroxylation is 1. The summed E-state index contributed by atoms with van der Waals surface area (Å²) in [4.78, 5) is 4.54. The molecule has 0 aliphatic rings. The highest BCUT2D eigenvalue weighted by Crippen LogP contribution is 2.17. The third-order valence-electron chi connectivity index (χ3n) is 3.21. The van der Waals surface area contributed by atoms with Crippen LogP contribution in [0.25, 0.3) is 11.0 Å². The zero-order chi connectivity index (χ0) is 12.8. The number of rotatable bonds is 6. The fourth-order valence-corrected chi connectivity index (χ4v) is 2.28. The van der Waals surface area contributed by atoms with Crippen LogP contribution < -0.4 is 0 Å². The molecule has 0 atom stereocenters. The van der Waals surface area contributed by atoms with Gasteiger partial charge in [-0.1, -0.05) is 38.3 Å². The van der Waals surface area contributed by atoms with E-state index in [9.17, 15) is 0 Å². The number of hydrogen-bond acceptors (Lipinski definition) is 2. The highest BCUT2D eigenvalue weighted by molar-refractivity contribution is 5.75. The molecule has 0 radical (unpaired) electrons. The topological polar surface area (TPSA) is 41.6 Å². The molecule has 1 aromatic heterocycles. The van der Waals surface area contributed by atoms with Crippen LogP contribution in [0.3, 0.4) is 0 Å². The fourth-order valence-electron chi connectivity index (χ4n) is 2.28. The van der Waals surface area contributed by atoms with Crippen molar-refractivity contribution in [2.24, 2.45) is 0 Å². The predicted molar refractivity (Wildman–Crippen MR) is 73.2 cm³/mol. The summed E-state index contributed by atoms with van der Waals surface area (Å²) in [7, 11) is 0. The summed E-state index contributed by atoms with van der Waals surface area (Å²) in [6.45, 7) is 3.19. The van der Waals surface area contributed by atoms with Gasteiger partial charge in [0, 0.05) is 6.54 Å². The van der Waals surface area contributed by atoms with Crippen molar-refractivity contribution in [3.05, 3.63) is 30.1 Å². The molecular weight excluding hydrogens is 222 g/mol. The second-order valence-corrected chi connectivity index (χ2v) is 4.56. The summed E-state index contributed by atoms with van der Waals surface area (Å²) in [6.07, 6.45) is 5.32. The minimum atomic E-state index is 0.391. The monoisotopic (exact) mass is 241 g/mol. The van der Waals surface area contributed by atoms with E-state index in [0.717, 1.165) is 29.8 Å². The van der Waals surface area contributed by atoms with E-state index in [1.807, 2.05) is 18.2 Å². The smallest absolute Gasteiger partial charge is 0.124 e. The van der Waals surface area contributed by atoms with Gasteiger partial charge in [-0.3, -0.25) is 0 Å². The maximum absolute atomic E-state index is 8.88. The standard InChI is InChI=1S/C15H19N3/c1-2-3-4-7-12-18-14-9-6-5-8-13(14)17-15(18)10-11-16/h5-6,8-9H,2-4,7,10,12H2,1H3. The summed E-state index contributed by atoms with van der Waals surface area (Å²) in [5, 5.41) is 8.88. The molecule has 0 spiro atoms. The lowest BCUT2D eigenvalue weighted by Gasteiger charge is -2.07. The summed E-state index contributed by atoms with van der Waals surface area (Å²) < 4.78 is 2.20. The van der Waals surface area contributed by atoms with Gasteiger partial charge in [-0.15, -0.1) is 0 Å². The molecule has 3 heteroatoms. The molecule has 2 rings (SSSR count). The van der Waals surface area contributed by atoms with E-state index in [1.54, 1.807) is 0 Å². The number of fused-ring (bicyclic) bond motifs is 1. The van der Waals surface area contributed by atoms with E-state index in [4.69, 9.17) is 5.26 Å². The lowest BCUT2D eigenvalue weighted by molar-refractivity contribution is 0.579. The van der Waals surface area contributed by atoms with Crippen LogP contribution in [0.1, 0.15) is 38.4 Å². The summed E-state index contributed by atoms with van der Waals surface area (Å²) in [5.41, 5.74) is 2.15. The molecular formula is C15H19N3. The number of nitriles is 1. The van der Waals surface area contributed by atoms with E-state index in [1.165, 1.54) is 19.3 Å². The van der Waals surface area contributed by atoms with Crippen molar-refractivity contribution in [3.8, 4) is 6.07 Å². The predicted octanol–water partition coefficient (Wildman–Crippen LogP) is 3.68. The zero-order valence-electron chi connectivity index (χ0n) is 10.9. The Labute approximate surface area is 108 Å². The van der Waals surface area contributed by atoms with Gasteiger partial charge >= 0.3 is 0 Å². The van der Waals surface area contributed by atoms with Gasteiger partial charge in [0.2, 0.25) is 0 Å². The minimum Gasteiger partial charge on any atom is -0.327 e. The number of aromatic nitrogens is 2. The first-order valence-corrected chi connectivity index (χ1v) is 6.68. The number of imidazole rings is 1. The quantitative estimate of drug-likeness (QED) is 0.724. The Balaban J connectivity index is 2.22. The maximum Gasteiger partial charge on any atom is 0.124 e. The first-order chi connectivity index (χ1) is 8.86. The molecule has 1 aromatic carbocycles. The van der Waals surface area contributed by atoms with Gasteiger partial charge in [-0.2, -0.15) is 5.26 Å². The zero-order valence-corrected chi connectivity index (χ0v) is 10.9. The van der Waals surface area contributed by atoms with Gasteiger partial charge in [0.25, 0.3) is 0 Å². The van der Waals surface area contributed by atoms with E-state index in [2.05, 4.69) is 28.6 Å². The van der Waals surface area contributed by atoms with E-state index in [0.29, 0.717) is 6.42 Å². The number of para-hydroxylation sites is 2. The van der Waals surface area contributed by atoms with Crippen molar-refractivity contribution in [1.82, 2.24) is 9.55 Å². The van der Waals surface area contributed by atoms with Gasteiger partial charge in [0.1, 0.15) is 5.82 Å². The number of unbranched alkanes of at least 4 members (excludes halogenated alkanes) is 3. The molecule has 18 heavy (non-hydrogen) atoms. The normalized spacial score (nSPS) is 10.7. The van der Waals surface area contributed by atoms with Crippen LogP contribution >= 0.6 is 0 Å². The van der Waals surface area contributed by atoms with Crippen molar-refractivity contribution < 1.29 is 0 Å². The van der Waals surface area contributed by atoms with Crippen LogP contribution in [0.15, 0.2) is 24.3 Å². The Morgan fingerprint density at radius 3 is 2.83 bits per heavy atom. The van der Waals surface area contributed by atoms with Crippen LogP contribution in [-0.4, -0.2) is 9.55 Å². The second-order valence-electron chi connectivity index (χ2n) is 4.56. The first-order valence-electron chi connectivity index (χ1n) is 6.68. The third kappa shape index (κ3) is 2.70. The molecule has 0 N–H and O–H groups in total. The summed E-state index contributed by atoms with van der Waals surface area (Å²) in [5.74, 6) is 0.898. The van der Waals surface area contributed by atoms with Crippen LogP contribution in [0.2, 0.25) is 0 Å². The van der Waals surface area contributed by atoms with Crippen molar-refractivity contribution >= 4 is 11.0 Å². The highest BCUT2D eigenvalue weighted by Gasteiger charge is 2.09.